The number of aromatic nitrogens is 3. The number of anilines is 1. The van der Waals surface area contributed by atoms with Crippen LogP contribution in [0, 0.1) is 12.7 Å². The molecule has 9 nitrogen and oxygen atoms in total. The molecule has 2 aromatic carbocycles. The van der Waals surface area contributed by atoms with Gasteiger partial charge in [0, 0.05) is 42.6 Å². The van der Waals surface area contributed by atoms with Gasteiger partial charge in [0.05, 0.1) is 28.6 Å². The van der Waals surface area contributed by atoms with Crippen LogP contribution in [-0.2, 0) is 14.3 Å². The Morgan fingerprint density at radius 2 is 1.83 bits per heavy atom. The highest BCUT2D eigenvalue weighted by molar-refractivity contribution is 5.80. The van der Waals surface area contributed by atoms with E-state index in [9.17, 15) is 9.90 Å². The normalized spacial score (nSPS) is 21.3. The van der Waals surface area contributed by atoms with Gasteiger partial charge in [-0.3, -0.25) is 0 Å². The zero-order chi connectivity index (χ0) is 33.5. The van der Waals surface area contributed by atoms with Crippen molar-refractivity contribution >= 4 is 17.4 Å². The van der Waals surface area contributed by atoms with Gasteiger partial charge in [-0.1, -0.05) is 30.3 Å². The molecular formula is C37H45FN4O5. The SMILES string of the molecule is Cc1nc2cc3nn2c(c1C(OC(C)(C)C)C(=O)O)N1CCC(C)(CC1)OCCCCC(C)Oc1c(F)cccc1-c1cccc-3c1. The minimum absolute atomic E-state index is 0.171. The molecule has 47 heavy (non-hydrogen) atoms. The summed E-state index contributed by atoms with van der Waals surface area (Å²) in [6, 6.07) is 14.7. The highest BCUT2D eigenvalue weighted by Crippen LogP contribution is 2.40. The molecular weight excluding hydrogens is 599 g/mol. The number of piperidine rings is 1. The lowest BCUT2D eigenvalue weighted by Crippen LogP contribution is -2.46. The largest absolute Gasteiger partial charge is 0.487 e. The van der Waals surface area contributed by atoms with Crippen LogP contribution in [0.2, 0.25) is 0 Å². The molecule has 5 heterocycles. The van der Waals surface area contributed by atoms with Gasteiger partial charge in [-0.25, -0.2) is 14.2 Å². The lowest BCUT2D eigenvalue weighted by atomic mass is 9.92. The minimum Gasteiger partial charge on any atom is -0.487 e. The summed E-state index contributed by atoms with van der Waals surface area (Å²) < 4.78 is 35.9. The van der Waals surface area contributed by atoms with Crippen molar-refractivity contribution in [3.8, 4) is 28.1 Å². The maximum atomic E-state index is 15.2. The van der Waals surface area contributed by atoms with Gasteiger partial charge in [0.2, 0.25) is 0 Å². The molecule has 0 aliphatic carbocycles. The van der Waals surface area contributed by atoms with Crippen LogP contribution in [0.4, 0.5) is 10.2 Å². The average molecular weight is 645 g/mol. The molecule has 1 saturated heterocycles. The fraction of sp³-hybridized carbons (Fsp3) is 0.486. The standard InChI is InChI=1S/C37H45FN4O5/c1-23-11-7-8-20-45-37(6)16-18-41(19-17-37)34-31(33(35(43)44)47-36(3,4)5)24(2)39-30-22-29(40-42(30)34)26-13-9-12-25(21-26)27-14-10-15-28(38)32(27)46-23/h9-10,12-15,21-23,33H,7-8,11,16-20H2,1-6H3,(H,43,44). The van der Waals surface area contributed by atoms with Crippen LogP contribution in [-0.4, -0.2) is 62.7 Å². The van der Waals surface area contributed by atoms with Crippen molar-refractivity contribution in [1.29, 1.82) is 0 Å². The predicted octanol–water partition coefficient (Wildman–Crippen LogP) is 7.78. The second-order valence-electron chi connectivity index (χ2n) is 14.1. The van der Waals surface area contributed by atoms with Crippen molar-refractivity contribution in [2.45, 2.75) is 97.1 Å². The van der Waals surface area contributed by atoms with Crippen LogP contribution in [0.1, 0.15) is 84.1 Å². The monoisotopic (exact) mass is 644 g/mol. The van der Waals surface area contributed by atoms with Crippen LogP contribution in [0.25, 0.3) is 28.0 Å². The third-order valence-electron chi connectivity index (χ3n) is 9.09. The molecule has 2 atom stereocenters. The molecule has 1 N–H and O–H groups in total. The number of hydrogen-bond acceptors (Lipinski definition) is 7. The molecule has 0 amide bonds. The van der Waals surface area contributed by atoms with E-state index in [2.05, 4.69) is 11.8 Å². The second-order valence-corrected chi connectivity index (χ2v) is 14.1. The van der Waals surface area contributed by atoms with Crippen LogP contribution in [0.5, 0.6) is 5.75 Å². The maximum absolute atomic E-state index is 15.2. The lowest BCUT2D eigenvalue weighted by molar-refractivity contribution is -0.160. The van der Waals surface area contributed by atoms with Crippen LogP contribution >= 0.6 is 0 Å². The summed E-state index contributed by atoms with van der Waals surface area (Å²) >= 11 is 0. The van der Waals surface area contributed by atoms with Gasteiger partial charge in [-0.05, 0) is 91.3 Å². The van der Waals surface area contributed by atoms with E-state index in [1.54, 1.807) is 10.6 Å². The van der Waals surface area contributed by atoms with Crippen molar-refractivity contribution < 1.29 is 28.5 Å². The molecule has 1 fully saturated rings. The van der Waals surface area contributed by atoms with Crippen LogP contribution < -0.4 is 9.64 Å². The summed E-state index contributed by atoms with van der Waals surface area (Å²) in [4.78, 5) is 19.9. The van der Waals surface area contributed by atoms with Gasteiger partial charge in [0.1, 0.15) is 5.82 Å². The van der Waals surface area contributed by atoms with Gasteiger partial charge >= 0.3 is 5.97 Å². The van der Waals surface area contributed by atoms with Crippen molar-refractivity contribution in [3.05, 3.63) is 65.6 Å². The number of aliphatic carboxylic acids is 1. The van der Waals surface area contributed by atoms with Crippen molar-refractivity contribution in [2.75, 3.05) is 24.6 Å². The van der Waals surface area contributed by atoms with E-state index in [0.717, 1.165) is 43.2 Å². The Hall–Kier alpha value is -4.02. The van der Waals surface area contributed by atoms with E-state index in [1.165, 1.54) is 6.07 Å². The minimum atomic E-state index is -1.25. The highest BCUT2D eigenvalue weighted by atomic mass is 19.1. The summed E-state index contributed by atoms with van der Waals surface area (Å²) in [6.45, 7) is 13.4. The number of carbonyl (C=O) groups is 1. The van der Waals surface area contributed by atoms with E-state index in [4.69, 9.17) is 24.3 Å². The smallest absolute Gasteiger partial charge is 0.337 e. The third-order valence-corrected chi connectivity index (χ3v) is 9.09. The Morgan fingerprint density at radius 1 is 1.11 bits per heavy atom. The van der Waals surface area contributed by atoms with Crippen LogP contribution in [0.15, 0.2) is 48.5 Å². The molecule has 3 aliphatic heterocycles. The summed E-state index contributed by atoms with van der Waals surface area (Å²) in [5.74, 6) is -0.589. The molecule has 7 rings (SSSR count). The zero-order valence-corrected chi connectivity index (χ0v) is 28.2. The lowest BCUT2D eigenvalue weighted by Gasteiger charge is -2.41. The van der Waals surface area contributed by atoms with Gasteiger partial charge < -0.3 is 24.2 Å². The molecule has 6 bridgehead atoms. The first-order chi connectivity index (χ1) is 22.3. The van der Waals surface area contributed by atoms with Crippen molar-refractivity contribution in [2.24, 2.45) is 0 Å². The number of para-hydroxylation sites is 1. The molecule has 0 saturated carbocycles. The molecule has 10 heteroatoms. The number of halogens is 1. The molecule has 0 spiro atoms. The fourth-order valence-electron chi connectivity index (χ4n) is 6.60. The first-order valence-electron chi connectivity index (χ1n) is 16.6. The van der Waals surface area contributed by atoms with Gasteiger partial charge in [0.15, 0.2) is 23.3 Å². The number of carboxylic acid groups (broad SMARTS) is 1. The zero-order valence-electron chi connectivity index (χ0n) is 28.2. The summed E-state index contributed by atoms with van der Waals surface area (Å²) in [7, 11) is 0. The number of nitrogens with zero attached hydrogens (tertiary/aromatic N) is 4. The highest BCUT2D eigenvalue weighted by Gasteiger charge is 2.38. The quantitative estimate of drug-likeness (QED) is 0.242. The first-order valence-corrected chi connectivity index (χ1v) is 16.6. The van der Waals surface area contributed by atoms with E-state index in [0.29, 0.717) is 53.7 Å². The van der Waals surface area contributed by atoms with Gasteiger partial charge in [-0.2, -0.15) is 9.61 Å². The Labute approximate surface area is 275 Å². The third kappa shape index (κ3) is 6.99. The van der Waals surface area contributed by atoms with Crippen LogP contribution in [0.3, 0.4) is 0 Å². The van der Waals surface area contributed by atoms with Gasteiger partial charge in [0.25, 0.3) is 0 Å². The number of benzene rings is 2. The molecule has 4 aromatic rings. The summed E-state index contributed by atoms with van der Waals surface area (Å²) in [5, 5.41) is 15.5. The summed E-state index contributed by atoms with van der Waals surface area (Å²) in [5.41, 5.74) is 3.57. The number of carboxylic acids is 1. The number of rotatable bonds is 3. The predicted molar refractivity (Wildman–Crippen MR) is 180 cm³/mol. The Balaban J connectivity index is 1.54. The molecule has 0 radical (unpaired) electrons. The Kier molecular flexibility index (Phi) is 9.02. The molecule has 2 unspecified atom stereocenters. The van der Waals surface area contributed by atoms with E-state index in [1.807, 2.05) is 71.0 Å². The van der Waals surface area contributed by atoms with E-state index < -0.39 is 23.5 Å². The maximum Gasteiger partial charge on any atom is 0.337 e. The number of aryl methyl sites for hydroxylation is 1. The molecule has 250 valence electrons. The topological polar surface area (TPSA) is 98.4 Å². The average Bonchev–Trinajstić information content (AvgIpc) is 3.43. The Bertz CT molecular complexity index is 1770. The fourth-order valence-corrected chi connectivity index (χ4v) is 6.60. The number of ether oxygens (including phenoxy) is 3. The number of fused-ring (bicyclic) bond motifs is 8. The van der Waals surface area contributed by atoms with Gasteiger partial charge in [-0.15, -0.1) is 0 Å². The molecule has 2 aromatic heterocycles. The molecule has 3 aliphatic rings. The van der Waals surface area contributed by atoms with E-state index in [-0.39, 0.29) is 17.5 Å². The second kappa shape index (κ2) is 12.9. The van der Waals surface area contributed by atoms with E-state index >= 15 is 4.39 Å². The summed E-state index contributed by atoms with van der Waals surface area (Å²) in [6.07, 6.45) is 2.65. The Morgan fingerprint density at radius 3 is 2.55 bits per heavy atom. The number of hydrogen-bond donors (Lipinski definition) is 1. The first kappa shape index (κ1) is 32.9. The van der Waals surface area contributed by atoms with Crippen molar-refractivity contribution in [3.63, 3.8) is 0 Å². The van der Waals surface area contributed by atoms with Crippen molar-refractivity contribution in [1.82, 2.24) is 14.6 Å².